The summed E-state index contributed by atoms with van der Waals surface area (Å²) >= 11 is 3.41. The quantitative estimate of drug-likeness (QED) is 0.243. The first-order valence-electron chi connectivity index (χ1n) is 10.4. The van der Waals surface area contributed by atoms with Crippen molar-refractivity contribution >= 4 is 39.6 Å². The molecular weight excluding hydrogens is 502 g/mol. The molecule has 0 aliphatic heterocycles. The van der Waals surface area contributed by atoms with E-state index in [-0.39, 0.29) is 0 Å². The number of hydrazone groups is 1. The molecule has 0 aliphatic rings. The highest BCUT2D eigenvalue weighted by Crippen LogP contribution is 2.29. The van der Waals surface area contributed by atoms with Crippen molar-refractivity contribution in [1.29, 1.82) is 0 Å². The van der Waals surface area contributed by atoms with Gasteiger partial charge in [-0.2, -0.15) is 5.10 Å². The number of halogens is 1. The van der Waals surface area contributed by atoms with Crippen LogP contribution in [0.1, 0.15) is 18.1 Å². The third kappa shape index (κ3) is 7.08. The molecule has 0 unspecified atom stereocenters. The van der Waals surface area contributed by atoms with Crippen molar-refractivity contribution in [1.82, 2.24) is 5.43 Å². The molecule has 0 saturated heterocycles. The summed E-state index contributed by atoms with van der Waals surface area (Å²) in [6.07, 6.45) is 1.41. The smallest absolute Gasteiger partial charge is 0.329 e. The Bertz CT molecular complexity index is 1170. The van der Waals surface area contributed by atoms with Crippen LogP contribution in [0.25, 0.3) is 0 Å². The molecule has 0 spiro atoms. The molecule has 2 amide bonds. The average molecular weight is 526 g/mol. The van der Waals surface area contributed by atoms with E-state index < -0.39 is 11.8 Å². The van der Waals surface area contributed by atoms with Gasteiger partial charge in [0.1, 0.15) is 12.4 Å². The Kier molecular flexibility index (Phi) is 9.04. The maximum Gasteiger partial charge on any atom is 0.329 e. The van der Waals surface area contributed by atoms with Crippen LogP contribution in [-0.2, 0) is 16.2 Å². The zero-order valence-electron chi connectivity index (χ0n) is 18.7. The molecule has 0 aromatic heterocycles. The van der Waals surface area contributed by atoms with Crippen LogP contribution in [0.15, 0.2) is 76.3 Å². The molecule has 176 valence electrons. The molecule has 8 nitrogen and oxygen atoms in total. The third-order valence-corrected chi connectivity index (χ3v) is 5.04. The number of para-hydroxylation sites is 2. The van der Waals surface area contributed by atoms with Crippen LogP contribution in [0.3, 0.4) is 0 Å². The van der Waals surface area contributed by atoms with Crippen molar-refractivity contribution in [3.05, 3.63) is 82.3 Å². The number of carbonyl (C=O) groups is 2. The normalized spacial score (nSPS) is 10.6. The summed E-state index contributed by atoms with van der Waals surface area (Å²) in [7, 11) is 1.48. The van der Waals surface area contributed by atoms with Gasteiger partial charge in [-0.25, -0.2) is 5.43 Å². The van der Waals surface area contributed by atoms with E-state index in [2.05, 4.69) is 31.8 Å². The minimum Gasteiger partial charge on any atom is -0.495 e. The van der Waals surface area contributed by atoms with Crippen molar-refractivity contribution < 1.29 is 23.8 Å². The maximum atomic E-state index is 12.1. The lowest BCUT2D eigenvalue weighted by Crippen LogP contribution is -2.32. The first kappa shape index (κ1) is 24.8. The van der Waals surface area contributed by atoms with Crippen LogP contribution >= 0.6 is 15.9 Å². The van der Waals surface area contributed by atoms with E-state index in [1.807, 2.05) is 31.2 Å². The van der Waals surface area contributed by atoms with E-state index in [1.165, 1.54) is 13.3 Å². The number of hydrogen-bond donors (Lipinski definition) is 2. The summed E-state index contributed by atoms with van der Waals surface area (Å²) < 4.78 is 17.7. The van der Waals surface area contributed by atoms with Crippen LogP contribution in [0.2, 0.25) is 0 Å². The van der Waals surface area contributed by atoms with Crippen LogP contribution in [0.5, 0.6) is 17.2 Å². The topological polar surface area (TPSA) is 98.2 Å². The summed E-state index contributed by atoms with van der Waals surface area (Å²) in [6.45, 7) is 2.72. The van der Waals surface area contributed by atoms with E-state index in [9.17, 15) is 9.59 Å². The van der Waals surface area contributed by atoms with Gasteiger partial charge in [-0.15, -0.1) is 0 Å². The molecule has 0 atom stereocenters. The summed E-state index contributed by atoms with van der Waals surface area (Å²) in [6, 6.07) is 19.9. The van der Waals surface area contributed by atoms with Crippen LogP contribution in [0, 0.1) is 0 Å². The zero-order chi connectivity index (χ0) is 24.3. The van der Waals surface area contributed by atoms with E-state index >= 15 is 0 Å². The minimum absolute atomic E-state index is 0.384. The molecule has 0 aliphatic carbocycles. The lowest BCUT2D eigenvalue weighted by molar-refractivity contribution is -0.136. The summed E-state index contributed by atoms with van der Waals surface area (Å²) in [4.78, 5) is 24.2. The van der Waals surface area contributed by atoms with Crippen molar-refractivity contribution in [2.45, 2.75) is 13.5 Å². The predicted molar refractivity (Wildman–Crippen MR) is 133 cm³/mol. The van der Waals surface area contributed by atoms with Crippen molar-refractivity contribution in [3.8, 4) is 17.2 Å². The average Bonchev–Trinajstić information content (AvgIpc) is 2.85. The van der Waals surface area contributed by atoms with Crippen LogP contribution < -0.4 is 25.0 Å². The largest absolute Gasteiger partial charge is 0.495 e. The number of methoxy groups -OCH3 is 1. The van der Waals surface area contributed by atoms with Gasteiger partial charge >= 0.3 is 11.8 Å². The molecular formula is C25H24BrN3O5. The van der Waals surface area contributed by atoms with Gasteiger partial charge in [0.25, 0.3) is 0 Å². The highest BCUT2D eigenvalue weighted by Gasteiger charge is 2.15. The number of carbonyl (C=O) groups excluding carboxylic acids is 2. The second-order valence-corrected chi connectivity index (χ2v) is 7.82. The molecule has 0 saturated carbocycles. The molecule has 0 radical (unpaired) electrons. The summed E-state index contributed by atoms with van der Waals surface area (Å²) in [5, 5.41) is 6.35. The highest BCUT2D eigenvalue weighted by molar-refractivity contribution is 9.10. The number of hydrogen-bond acceptors (Lipinski definition) is 6. The fourth-order valence-electron chi connectivity index (χ4n) is 2.88. The molecule has 2 N–H and O–H groups in total. The second-order valence-electron chi connectivity index (χ2n) is 6.91. The molecule has 0 bridgehead atoms. The number of anilines is 1. The number of ether oxygens (including phenoxy) is 3. The number of nitrogens with zero attached hydrogens (tertiary/aromatic N) is 1. The zero-order valence-corrected chi connectivity index (χ0v) is 20.3. The summed E-state index contributed by atoms with van der Waals surface area (Å²) in [5.41, 5.74) is 4.27. The Balaban J connectivity index is 1.60. The van der Waals surface area contributed by atoms with E-state index in [0.29, 0.717) is 41.7 Å². The molecule has 9 heteroatoms. The van der Waals surface area contributed by atoms with E-state index in [1.54, 1.807) is 42.5 Å². The fraction of sp³-hybridized carbons (Fsp3) is 0.160. The molecule has 0 fully saturated rings. The number of rotatable bonds is 9. The third-order valence-electron chi connectivity index (χ3n) is 4.52. The van der Waals surface area contributed by atoms with E-state index in [4.69, 9.17) is 14.2 Å². The fourth-order valence-corrected chi connectivity index (χ4v) is 3.14. The standard InChI is InChI=1S/C25H24BrN3O5/c1-3-33-23-14-18(10-13-22(23)34-16-17-8-11-19(26)12-9-17)15-27-29-25(31)24(30)28-20-6-4-5-7-21(20)32-2/h4-15H,3,16H2,1-2H3,(H,28,30)(H,29,31)/b27-15-. The van der Waals surface area contributed by atoms with Crippen molar-refractivity contribution in [3.63, 3.8) is 0 Å². The van der Waals surface area contributed by atoms with Crippen LogP contribution in [0.4, 0.5) is 5.69 Å². The van der Waals surface area contributed by atoms with Crippen LogP contribution in [-0.4, -0.2) is 31.7 Å². The van der Waals surface area contributed by atoms with Gasteiger partial charge in [-0.1, -0.05) is 40.2 Å². The molecule has 3 aromatic carbocycles. The minimum atomic E-state index is -0.915. The van der Waals surface area contributed by atoms with Crippen molar-refractivity contribution in [2.24, 2.45) is 5.10 Å². The monoisotopic (exact) mass is 525 g/mol. The Hall–Kier alpha value is -3.85. The second kappa shape index (κ2) is 12.4. The highest BCUT2D eigenvalue weighted by atomic mass is 79.9. The van der Waals surface area contributed by atoms with Gasteiger partial charge in [-0.3, -0.25) is 9.59 Å². The van der Waals surface area contributed by atoms with Gasteiger partial charge in [0.15, 0.2) is 11.5 Å². The maximum absolute atomic E-state index is 12.1. The van der Waals surface area contributed by atoms with Crippen molar-refractivity contribution in [2.75, 3.05) is 19.0 Å². The molecule has 0 heterocycles. The lowest BCUT2D eigenvalue weighted by atomic mass is 10.2. The molecule has 3 aromatic rings. The number of nitrogens with one attached hydrogen (secondary N) is 2. The lowest BCUT2D eigenvalue weighted by Gasteiger charge is -2.12. The number of amides is 2. The predicted octanol–water partition coefficient (Wildman–Crippen LogP) is 4.52. The molecule has 3 rings (SSSR count). The van der Waals surface area contributed by atoms with E-state index in [0.717, 1.165) is 10.0 Å². The Labute approximate surface area is 206 Å². The first-order valence-corrected chi connectivity index (χ1v) is 11.2. The van der Waals surface area contributed by atoms with Gasteiger partial charge < -0.3 is 19.5 Å². The number of benzene rings is 3. The van der Waals surface area contributed by atoms with Gasteiger partial charge in [0, 0.05) is 4.47 Å². The molecule has 34 heavy (non-hydrogen) atoms. The van der Waals surface area contributed by atoms with Gasteiger partial charge in [0.2, 0.25) is 0 Å². The first-order chi connectivity index (χ1) is 16.5. The SMILES string of the molecule is CCOc1cc(/C=N\NC(=O)C(=O)Nc2ccccc2OC)ccc1OCc1ccc(Br)cc1. The van der Waals surface area contributed by atoms with Gasteiger partial charge in [-0.05, 0) is 60.5 Å². The Morgan fingerprint density at radius 1 is 0.941 bits per heavy atom. The Morgan fingerprint density at radius 3 is 2.44 bits per heavy atom. The Morgan fingerprint density at radius 2 is 1.71 bits per heavy atom. The van der Waals surface area contributed by atoms with Gasteiger partial charge in [0.05, 0.1) is 25.6 Å². The summed E-state index contributed by atoms with van der Waals surface area (Å²) in [5.74, 6) is -0.209.